The van der Waals surface area contributed by atoms with E-state index in [1.54, 1.807) is 6.08 Å². The van der Waals surface area contributed by atoms with Crippen molar-refractivity contribution in [1.29, 1.82) is 0 Å². The van der Waals surface area contributed by atoms with Gasteiger partial charge in [-0.3, -0.25) is 9.59 Å². The molecule has 0 saturated heterocycles. The lowest BCUT2D eigenvalue weighted by atomic mass is 10.1. The third-order valence-electron chi connectivity index (χ3n) is 5.88. The molecule has 1 rings (SSSR count). The van der Waals surface area contributed by atoms with Crippen LogP contribution in [0, 0.1) is 13.8 Å². The minimum absolute atomic E-state index is 0.0626. The van der Waals surface area contributed by atoms with Crippen molar-refractivity contribution >= 4 is 18.0 Å². The molecule has 0 aromatic heterocycles. The van der Waals surface area contributed by atoms with Crippen LogP contribution in [0.4, 0.5) is 5.69 Å². The topological polar surface area (TPSA) is 82.3 Å². The molecule has 196 valence electrons. The highest BCUT2D eigenvalue weighted by molar-refractivity contribution is 5.96. The monoisotopic (exact) mass is 484 g/mol. The van der Waals surface area contributed by atoms with E-state index in [0.29, 0.717) is 12.5 Å². The Kier molecular flexibility index (Phi) is 17.2. The molecule has 35 heavy (non-hydrogen) atoms. The number of unbranched alkanes of at least 4 members (excludes halogenated alkanes) is 1. The molecule has 0 fully saturated rings. The second-order valence-electron chi connectivity index (χ2n) is 8.95. The summed E-state index contributed by atoms with van der Waals surface area (Å²) in [5.74, 6) is 0.0626. The molecule has 2 unspecified atom stereocenters. The zero-order valence-corrected chi connectivity index (χ0v) is 23.0. The molecular formula is C29H48N4O2. The van der Waals surface area contributed by atoms with Crippen molar-refractivity contribution in [3.05, 3.63) is 65.4 Å². The summed E-state index contributed by atoms with van der Waals surface area (Å²) in [4.78, 5) is 22.6. The Balaban J connectivity index is 0.000000883. The molecule has 6 heteroatoms. The first kappa shape index (κ1) is 32.3. The minimum atomic E-state index is -0.133. The van der Waals surface area contributed by atoms with E-state index < -0.39 is 0 Å². The van der Waals surface area contributed by atoms with Crippen molar-refractivity contribution in [2.45, 2.75) is 86.2 Å². The highest BCUT2D eigenvalue weighted by Gasteiger charge is 2.17. The van der Waals surface area contributed by atoms with Crippen LogP contribution < -0.4 is 21.3 Å². The fraction of sp³-hybridized carbons (Fsp3) is 0.517. The van der Waals surface area contributed by atoms with Crippen LogP contribution in [0.1, 0.15) is 71.4 Å². The molecule has 0 saturated carbocycles. The molecule has 6 nitrogen and oxygen atoms in total. The summed E-state index contributed by atoms with van der Waals surface area (Å²) in [5.41, 5.74) is 5.65. The number of amides is 2. The Morgan fingerprint density at radius 3 is 2.06 bits per heavy atom. The van der Waals surface area contributed by atoms with Gasteiger partial charge >= 0.3 is 0 Å². The van der Waals surface area contributed by atoms with Crippen molar-refractivity contribution < 1.29 is 9.59 Å². The molecule has 1 aromatic carbocycles. The SMILES string of the molecule is C=C/C(C)=C(/NC=O)C(=C)C.CCC(C)NCCCCNC(CC)C(=O)Nc1c(C)cccc1C. The summed E-state index contributed by atoms with van der Waals surface area (Å²) >= 11 is 0. The number of hydrogen-bond acceptors (Lipinski definition) is 4. The van der Waals surface area contributed by atoms with Gasteiger partial charge in [0.05, 0.1) is 6.04 Å². The number of benzene rings is 1. The summed E-state index contributed by atoms with van der Waals surface area (Å²) < 4.78 is 0. The summed E-state index contributed by atoms with van der Waals surface area (Å²) in [6, 6.07) is 6.53. The van der Waals surface area contributed by atoms with Gasteiger partial charge in [0, 0.05) is 17.4 Å². The van der Waals surface area contributed by atoms with Crippen molar-refractivity contribution in [3.63, 3.8) is 0 Å². The molecule has 0 aliphatic heterocycles. The highest BCUT2D eigenvalue weighted by Crippen LogP contribution is 2.19. The average molecular weight is 485 g/mol. The Labute approximate surface area is 213 Å². The number of nitrogens with one attached hydrogen (secondary N) is 4. The fourth-order valence-electron chi connectivity index (χ4n) is 3.40. The minimum Gasteiger partial charge on any atom is -0.328 e. The zero-order valence-electron chi connectivity index (χ0n) is 23.0. The Bertz CT molecular complexity index is 825. The first-order chi connectivity index (χ1) is 16.6. The van der Waals surface area contributed by atoms with Gasteiger partial charge in [0.15, 0.2) is 0 Å². The molecule has 0 spiro atoms. The van der Waals surface area contributed by atoms with Crippen LogP contribution in [0.3, 0.4) is 0 Å². The third kappa shape index (κ3) is 13.1. The molecule has 1 aromatic rings. The van der Waals surface area contributed by atoms with Crippen molar-refractivity contribution in [1.82, 2.24) is 16.0 Å². The van der Waals surface area contributed by atoms with Crippen LogP contribution >= 0.6 is 0 Å². The number of anilines is 1. The number of aryl methyl sites for hydroxylation is 2. The van der Waals surface area contributed by atoms with Crippen LogP contribution in [0.25, 0.3) is 0 Å². The lowest BCUT2D eigenvalue weighted by Crippen LogP contribution is -2.40. The van der Waals surface area contributed by atoms with Crippen LogP contribution in [-0.2, 0) is 9.59 Å². The summed E-state index contributed by atoms with van der Waals surface area (Å²) in [6.45, 7) is 23.4. The zero-order chi connectivity index (χ0) is 26.8. The number of allylic oxidation sites excluding steroid dienone is 3. The number of carbonyl (C=O) groups excluding carboxylic acids is 2. The second kappa shape index (κ2) is 18.6. The van der Waals surface area contributed by atoms with Gasteiger partial charge in [-0.2, -0.15) is 0 Å². The van der Waals surface area contributed by atoms with Crippen molar-refractivity contribution in [2.75, 3.05) is 18.4 Å². The van der Waals surface area contributed by atoms with E-state index in [1.807, 2.05) is 52.8 Å². The van der Waals surface area contributed by atoms with Crippen LogP contribution in [0.2, 0.25) is 0 Å². The Morgan fingerprint density at radius 1 is 1.03 bits per heavy atom. The van der Waals surface area contributed by atoms with E-state index in [2.05, 4.69) is 48.3 Å². The molecule has 0 heterocycles. The third-order valence-corrected chi connectivity index (χ3v) is 5.88. The summed E-state index contributed by atoms with van der Waals surface area (Å²) in [6.07, 6.45) is 6.48. The molecule has 2 atom stereocenters. The van der Waals surface area contributed by atoms with E-state index in [1.165, 1.54) is 0 Å². The van der Waals surface area contributed by atoms with Gasteiger partial charge in [0.25, 0.3) is 0 Å². The lowest BCUT2D eigenvalue weighted by molar-refractivity contribution is -0.118. The van der Waals surface area contributed by atoms with E-state index in [4.69, 9.17) is 0 Å². The van der Waals surface area contributed by atoms with Gasteiger partial charge in [0.2, 0.25) is 12.3 Å². The number of carbonyl (C=O) groups is 2. The van der Waals surface area contributed by atoms with E-state index in [9.17, 15) is 9.59 Å². The number of hydrogen-bond donors (Lipinski definition) is 4. The largest absolute Gasteiger partial charge is 0.328 e. The van der Waals surface area contributed by atoms with Gasteiger partial charge < -0.3 is 21.3 Å². The molecule has 0 aliphatic rings. The predicted octanol–water partition coefficient (Wildman–Crippen LogP) is 5.55. The second-order valence-corrected chi connectivity index (χ2v) is 8.95. The first-order valence-electron chi connectivity index (χ1n) is 12.7. The van der Waals surface area contributed by atoms with Crippen LogP contribution in [-0.4, -0.2) is 37.5 Å². The molecular weight excluding hydrogens is 436 g/mol. The summed E-state index contributed by atoms with van der Waals surface area (Å²) in [5, 5.41) is 12.5. The van der Waals surface area contributed by atoms with Crippen molar-refractivity contribution in [2.24, 2.45) is 0 Å². The van der Waals surface area contributed by atoms with Crippen LogP contribution in [0.5, 0.6) is 0 Å². The maximum Gasteiger partial charge on any atom is 0.241 e. The van der Waals surface area contributed by atoms with Crippen molar-refractivity contribution in [3.8, 4) is 0 Å². The first-order valence-corrected chi connectivity index (χ1v) is 12.7. The van der Waals surface area contributed by atoms with E-state index in [-0.39, 0.29) is 11.9 Å². The van der Waals surface area contributed by atoms with E-state index >= 15 is 0 Å². The quantitative estimate of drug-likeness (QED) is 0.149. The van der Waals surface area contributed by atoms with Gasteiger partial charge in [0.1, 0.15) is 0 Å². The predicted molar refractivity (Wildman–Crippen MR) is 151 cm³/mol. The molecule has 0 radical (unpaired) electrons. The normalized spacial score (nSPS) is 12.9. The van der Waals surface area contributed by atoms with E-state index in [0.717, 1.165) is 72.4 Å². The fourth-order valence-corrected chi connectivity index (χ4v) is 3.40. The molecule has 0 aliphatic carbocycles. The smallest absolute Gasteiger partial charge is 0.241 e. The summed E-state index contributed by atoms with van der Waals surface area (Å²) in [7, 11) is 0. The van der Waals surface area contributed by atoms with Gasteiger partial charge in [-0.05, 0) is 95.7 Å². The highest BCUT2D eigenvalue weighted by atomic mass is 16.2. The molecule has 2 amide bonds. The number of para-hydroxylation sites is 1. The lowest BCUT2D eigenvalue weighted by Gasteiger charge is -2.19. The molecule has 4 N–H and O–H groups in total. The number of rotatable bonds is 15. The van der Waals surface area contributed by atoms with Crippen LogP contribution in [0.15, 0.2) is 54.3 Å². The Hall–Kier alpha value is -2.70. The molecule has 0 bridgehead atoms. The van der Waals surface area contributed by atoms with Gasteiger partial charge in [-0.15, -0.1) is 0 Å². The standard InChI is InChI=1S/C20H35N3O.C9H13NO/c1-6-17(5)21-13-8-9-14-22-18(7-2)20(24)23-19-15(3)11-10-12-16(19)4;1-5-8(4)9(7(2)3)10-6-11/h10-12,17-18,21-22H,6-9,13-14H2,1-5H3,(H,23,24);5-6H,1-2H2,3-4H3,(H,10,11)/b;9-8+. The maximum atomic E-state index is 12.5. The maximum absolute atomic E-state index is 12.5. The van der Waals surface area contributed by atoms with Gasteiger partial charge in [-0.25, -0.2) is 0 Å². The average Bonchev–Trinajstić information content (AvgIpc) is 2.83. The van der Waals surface area contributed by atoms with Gasteiger partial charge in [-0.1, -0.05) is 51.3 Å². The Morgan fingerprint density at radius 2 is 1.60 bits per heavy atom.